The summed E-state index contributed by atoms with van der Waals surface area (Å²) in [5.41, 5.74) is 0. The smallest absolute Gasteiger partial charge is 0.305 e. The molecule has 0 aliphatic carbocycles. The fourth-order valence-electron chi connectivity index (χ4n) is 1.99. The highest BCUT2D eigenvalue weighted by molar-refractivity contribution is 7.86. The summed E-state index contributed by atoms with van der Waals surface area (Å²) < 4.78 is 33.4. The van der Waals surface area contributed by atoms with Gasteiger partial charge in [-0.15, -0.1) is 3.89 Å². The largest absolute Gasteiger partial charge is 0.481 e. The Hall–Kier alpha value is -1.18. The van der Waals surface area contributed by atoms with Gasteiger partial charge >= 0.3 is 16.2 Å². The van der Waals surface area contributed by atoms with Crippen LogP contribution in [0.4, 0.5) is 3.89 Å². The van der Waals surface area contributed by atoms with Crippen molar-refractivity contribution in [3.05, 3.63) is 0 Å². The van der Waals surface area contributed by atoms with E-state index >= 15 is 0 Å². The Morgan fingerprint density at radius 2 is 2.24 bits per heavy atom. The molecule has 1 amide bonds. The monoisotopic (exact) mass is 267 g/mol. The molecule has 8 heteroatoms. The maximum Gasteiger partial charge on any atom is 0.305 e. The molecular weight excluding hydrogens is 253 g/mol. The van der Waals surface area contributed by atoms with E-state index < -0.39 is 33.9 Å². The van der Waals surface area contributed by atoms with Crippen LogP contribution in [-0.2, 0) is 19.8 Å². The number of rotatable bonds is 5. The molecule has 0 spiro atoms. The van der Waals surface area contributed by atoms with E-state index in [9.17, 15) is 21.9 Å². The van der Waals surface area contributed by atoms with E-state index in [-0.39, 0.29) is 25.3 Å². The quantitative estimate of drug-likeness (QED) is 0.708. The van der Waals surface area contributed by atoms with Gasteiger partial charge in [-0.3, -0.25) is 9.59 Å². The second-order valence-electron chi connectivity index (χ2n) is 4.27. The van der Waals surface area contributed by atoms with Gasteiger partial charge in [0.25, 0.3) is 0 Å². The highest BCUT2D eigenvalue weighted by atomic mass is 32.3. The Balaban J connectivity index is 2.61. The zero-order valence-corrected chi connectivity index (χ0v) is 10.1. The van der Waals surface area contributed by atoms with Gasteiger partial charge in [0.2, 0.25) is 5.91 Å². The normalized spacial score (nSPS) is 22.8. The first kappa shape index (κ1) is 13.9. The van der Waals surface area contributed by atoms with Crippen LogP contribution in [0.15, 0.2) is 0 Å². The van der Waals surface area contributed by atoms with E-state index in [1.165, 1.54) is 4.90 Å². The summed E-state index contributed by atoms with van der Waals surface area (Å²) >= 11 is 0. The number of carboxylic acids is 1. The summed E-state index contributed by atoms with van der Waals surface area (Å²) in [5.74, 6) is -2.64. The van der Waals surface area contributed by atoms with Crippen LogP contribution in [0.5, 0.6) is 0 Å². The van der Waals surface area contributed by atoms with Crippen LogP contribution in [0, 0.1) is 5.92 Å². The minimum atomic E-state index is -4.60. The number of hydrogen-bond acceptors (Lipinski definition) is 4. The molecule has 98 valence electrons. The van der Waals surface area contributed by atoms with Crippen molar-refractivity contribution in [1.29, 1.82) is 0 Å². The predicted molar refractivity (Wildman–Crippen MR) is 56.4 cm³/mol. The van der Waals surface area contributed by atoms with Crippen molar-refractivity contribution in [1.82, 2.24) is 4.90 Å². The summed E-state index contributed by atoms with van der Waals surface area (Å²) in [5, 5.41) is 8.59. The summed E-state index contributed by atoms with van der Waals surface area (Å²) in [4.78, 5) is 23.3. The number of nitrogens with zero attached hydrogens (tertiary/aromatic N) is 1. The standard InChI is InChI=1S/C9H14FNO5S/c1-6(2-9(13)14)11-4-7(3-8(11)12)5-17(10,15)16/h6-7H,2-5H2,1H3,(H,13,14). The average Bonchev–Trinajstić information content (AvgIpc) is 2.41. The number of hydrogen-bond donors (Lipinski definition) is 1. The topological polar surface area (TPSA) is 91.8 Å². The van der Waals surface area contributed by atoms with E-state index in [0.717, 1.165) is 0 Å². The lowest BCUT2D eigenvalue weighted by Gasteiger charge is -2.23. The first-order chi connectivity index (χ1) is 7.69. The lowest BCUT2D eigenvalue weighted by atomic mass is 10.1. The molecule has 0 aromatic carbocycles. The van der Waals surface area contributed by atoms with Crippen molar-refractivity contribution in [2.75, 3.05) is 12.3 Å². The third-order valence-electron chi connectivity index (χ3n) is 2.68. The molecule has 1 N–H and O–H groups in total. The Kier molecular flexibility index (Phi) is 4.07. The number of aliphatic carboxylic acids is 1. The van der Waals surface area contributed by atoms with Gasteiger partial charge in [-0.2, -0.15) is 8.42 Å². The molecule has 1 aliphatic heterocycles. The molecule has 6 nitrogen and oxygen atoms in total. The molecule has 1 fully saturated rings. The molecule has 1 rings (SSSR count). The molecular formula is C9H14FNO5S. The van der Waals surface area contributed by atoms with Gasteiger partial charge in [0.1, 0.15) is 0 Å². The predicted octanol–water partition coefficient (Wildman–Crippen LogP) is -0.00260. The second kappa shape index (κ2) is 4.99. The molecule has 2 unspecified atom stereocenters. The molecule has 0 aromatic heterocycles. The van der Waals surface area contributed by atoms with Crippen LogP contribution >= 0.6 is 0 Å². The van der Waals surface area contributed by atoms with E-state index in [4.69, 9.17) is 5.11 Å². The van der Waals surface area contributed by atoms with Crippen molar-refractivity contribution in [3.8, 4) is 0 Å². The van der Waals surface area contributed by atoms with Crippen LogP contribution in [-0.4, -0.2) is 48.6 Å². The third-order valence-corrected chi connectivity index (χ3v) is 3.54. The second-order valence-corrected chi connectivity index (χ2v) is 5.68. The minimum Gasteiger partial charge on any atom is -0.481 e. The number of likely N-dealkylation sites (tertiary alicyclic amines) is 1. The Bertz CT molecular complexity index is 421. The van der Waals surface area contributed by atoms with Gasteiger partial charge in [-0.1, -0.05) is 0 Å². The fraction of sp³-hybridized carbons (Fsp3) is 0.778. The van der Waals surface area contributed by atoms with E-state index in [1.54, 1.807) is 6.92 Å². The van der Waals surface area contributed by atoms with Crippen molar-refractivity contribution in [2.24, 2.45) is 5.92 Å². The fourth-order valence-corrected chi connectivity index (χ4v) is 2.78. The Morgan fingerprint density at radius 3 is 2.71 bits per heavy atom. The van der Waals surface area contributed by atoms with Crippen LogP contribution in [0.1, 0.15) is 19.8 Å². The molecule has 1 saturated heterocycles. The highest BCUT2D eigenvalue weighted by Crippen LogP contribution is 2.23. The zero-order valence-electron chi connectivity index (χ0n) is 9.30. The van der Waals surface area contributed by atoms with Crippen molar-refractivity contribution < 1.29 is 27.0 Å². The molecule has 1 heterocycles. The maximum absolute atomic E-state index is 12.5. The average molecular weight is 267 g/mol. The van der Waals surface area contributed by atoms with Crippen LogP contribution in [0.2, 0.25) is 0 Å². The van der Waals surface area contributed by atoms with Gasteiger partial charge < -0.3 is 10.0 Å². The Morgan fingerprint density at radius 1 is 1.65 bits per heavy atom. The number of amides is 1. The van der Waals surface area contributed by atoms with Crippen LogP contribution < -0.4 is 0 Å². The van der Waals surface area contributed by atoms with Gasteiger partial charge in [0, 0.05) is 24.9 Å². The third kappa shape index (κ3) is 4.29. The summed E-state index contributed by atoms with van der Waals surface area (Å²) in [6.07, 6.45) is -0.256. The van der Waals surface area contributed by atoms with E-state index in [0.29, 0.717) is 0 Å². The number of carbonyl (C=O) groups excluding carboxylic acids is 1. The van der Waals surface area contributed by atoms with Gasteiger partial charge in [0.15, 0.2) is 0 Å². The first-order valence-electron chi connectivity index (χ1n) is 5.12. The van der Waals surface area contributed by atoms with Gasteiger partial charge in [0.05, 0.1) is 12.2 Å². The summed E-state index contributed by atoms with van der Waals surface area (Å²) in [6.45, 7) is 1.66. The number of carbonyl (C=O) groups is 2. The lowest BCUT2D eigenvalue weighted by molar-refractivity contribution is -0.139. The summed E-state index contributed by atoms with van der Waals surface area (Å²) in [6, 6.07) is -0.507. The Labute approximate surface area is 98.6 Å². The van der Waals surface area contributed by atoms with Crippen LogP contribution in [0.3, 0.4) is 0 Å². The SMILES string of the molecule is CC(CC(=O)O)N1CC(CS(=O)(=O)F)CC1=O. The van der Waals surface area contributed by atoms with Crippen molar-refractivity contribution in [2.45, 2.75) is 25.8 Å². The van der Waals surface area contributed by atoms with E-state index in [2.05, 4.69) is 0 Å². The molecule has 1 aliphatic rings. The van der Waals surface area contributed by atoms with Crippen LogP contribution in [0.25, 0.3) is 0 Å². The molecule has 2 atom stereocenters. The maximum atomic E-state index is 12.5. The number of carboxylic acid groups (broad SMARTS) is 1. The summed E-state index contributed by atoms with van der Waals surface area (Å²) in [7, 11) is -4.60. The zero-order chi connectivity index (χ0) is 13.2. The molecule has 17 heavy (non-hydrogen) atoms. The number of halogens is 1. The van der Waals surface area contributed by atoms with Crippen molar-refractivity contribution in [3.63, 3.8) is 0 Å². The van der Waals surface area contributed by atoms with E-state index in [1.807, 2.05) is 0 Å². The molecule has 0 bridgehead atoms. The van der Waals surface area contributed by atoms with Gasteiger partial charge in [-0.25, -0.2) is 0 Å². The van der Waals surface area contributed by atoms with Crippen molar-refractivity contribution >= 4 is 22.1 Å². The first-order valence-corrected chi connectivity index (χ1v) is 6.68. The lowest BCUT2D eigenvalue weighted by Crippen LogP contribution is -2.36. The molecule has 0 aromatic rings. The molecule has 0 radical (unpaired) electrons. The van der Waals surface area contributed by atoms with Gasteiger partial charge in [-0.05, 0) is 6.92 Å². The minimum absolute atomic E-state index is 0.0485. The highest BCUT2D eigenvalue weighted by Gasteiger charge is 2.35. The molecule has 0 saturated carbocycles.